The summed E-state index contributed by atoms with van der Waals surface area (Å²) in [7, 11) is 0. The third kappa shape index (κ3) is 3.66. The number of nitrogens with one attached hydrogen (secondary N) is 1. The maximum Gasteiger partial charge on any atom is 0.157 e. The van der Waals surface area contributed by atoms with Gasteiger partial charge in [0, 0.05) is 24.3 Å². The van der Waals surface area contributed by atoms with Crippen molar-refractivity contribution in [3.05, 3.63) is 84.3 Å². The Morgan fingerprint density at radius 3 is 2.56 bits per heavy atom. The van der Waals surface area contributed by atoms with Crippen LogP contribution in [0.5, 0.6) is 0 Å². The van der Waals surface area contributed by atoms with Gasteiger partial charge in [0.2, 0.25) is 0 Å². The summed E-state index contributed by atoms with van der Waals surface area (Å²) in [6, 6.07) is 19.8. The highest BCUT2D eigenvalue weighted by Gasteiger charge is 2.15. The lowest BCUT2D eigenvalue weighted by Gasteiger charge is -2.20. The molecule has 0 fully saturated rings. The first-order chi connectivity index (χ1) is 13.2. The summed E-state index contributed by atoms with van der Waals surface area (Å²) in [6.45, 7) is 0.0602. The van der Waals surface area contributed by atoms with Crippen LogP contribution in [0.15, 0.2) is 72.9 Å². The minimum Gasteiger partial charge on any atom is -0.396 e. The molecule has 136 valence electrons. The zero-order valence-corrected chi connectivity index (χ0v) is 14.6. The maximum absolute atomic E-state index is 13.3. The molecule has 6 heteroatoms. The highest BCUT2D eigenvalue weighted by molar-refractivity contribution is 5.66. The number of nitrogens with zero attached hydrogens (tertiary/aromatic N) is 3. The van der Waals surface area contributed by atoms with Crippen LogP contribution in [0.2, 0.25) is 0 Å². The molecule has 0 saturated heterocycles. The summed E-state index contributed by atoms with van der Waals surface area (Å²) in [5.41, 5.74) is 3.31. The van der Waals surface area contributed by atoms with Crippen LogP contribution in [-0.2, 0) is 0 Å². The van der Waals surface area contributed by atoms with Gasteiger partial charge in [0.05, 0.1) is 17.9 Å². The molecule has 0 aliphatic rings. The van der Waals surface area contributed by atoms with Gasteiger partial charge >= 0.3 is 0 Å². The Kier molecular flexibility index (Phi) is 4.80. The molecule has 27 heavy (non-hydrogen) atoms. The molecule has 0 unspecified atom stereocenters. The molecule has 2 heterocycles. The molecule has 0 radical (unpaired) electrons. The summed E-state index contributed by atoms with van der Waals surface area (Å²) < 4.78 is 15.0. The number of aliphatic hydroxyl groups excluding tert-OH is 1. The predicted molar refractivity (Wildman–Crippen MR) is 103 cm³/mol. The van der Waals surface area contributed by atoms with E-state index < -0.39 is 0 Å². The van der Waals surface area contributed by atoms with Crippen LogP contribution in [0, 0.1) is 5.82 Å². The lowest BCUT2D eigenvalue weighted by molar-refractivity contribution is 0.280. The SMILES string of the molecule is OCC[C@H](Nc1cc(-c2ccc(F)cc2)nc2ccnn12)c1ccccc1. The lowest BCUT2D eigenvalue weighted by Crippen LogP contribution is -2.15. The molecule has 0 amide bonds. The number of anilines is 1. The molecule has 0 saturated carbocycles. The Bertz CT molecular complexity index is 1030. The number of hydrogen-bond acceptors (Lipinski definition) is 4. The van der Waals surface area contributed by atoms with Gasteiger partial charge in [-0.2, -0.15) is 9.61 Å². The first-order valence-corrected chi connectivity index (χ1v) is 8.77. The first-order valence-electron chi connectivity index (χ1n) is 8.77. The molecule has 4 rings (SSSR count). The van der Waals surface area contributed by atoms with E-state index >= 15 is 0 Å². The fraction of sp³-hybridized carbons (Fsp3) is 0.143. The van der Waals surface area contributed by atoms with Crippen LogP contribution >= 0.6 is 0 Å². The Morgan fingerprint density at radius 1 is 1.04 bits per heavy atom. The van der Waals surface area contributed by atoms with E-state index in [-0.39, 0.29) is 18.5 Å². The average molecular weight is 362 g/mol. The molecule has 0 aliphatic carbocycles. The number of aromatic nitrogens is 3. The monoisotopic (exact) mass is 362 g/mol. The molecule has 0 aliphatic heterocycles. The normalized spacial score (nSPS) is 12.2. The highest BCUT2D eigenvalue weighted by Crippen LogP contribution is 2.26. The van der Waals surface area contributed by atoms with Gasteiger partial charge in [-0.25, -0.2) is 9.37 Å². The summed E-state index contributed by atoms with van der Waals surface area (Å²) in [6.07, 6.45) is 2.24. The topological polar surface area (TPSA) is 62.5 Å². The molecular weight excluding hydrogens is 343 g/mol. The van der Waals surface area contributed by atoms with Crippen molar-refractivity contribution in [1.29, 1.82) is 0 Å². The summed E-state index contributed by atoms with van der Waals surface area (Å²) in [5.74, 6) is 0.473. The van der Waals surface area contributed by atoms with E-state index in [2.05, 4.69) is 15.4 Å². The molecule has 2 N–H and O–H groups in total. The van der Waals surface area contributed by atoms with Gasteiger partial charge in [0.25, 0.3) is 0 Å². The minimum atomic E-state index is -0.283. The van der Waals surface area contributed by atoms with Crippen molar-refractivity contribution in [2.45, 2.75) is 12.5 Å². The van der Waals surface area contributed by atoms with Crippen LogP contribution < -0.4 is 5.32 Å². The second kappa shape index (κ2) is 7.55. The maximum atomic E-state index is 13.3. The molecule has 0 bridgehead atoms. The lowest BCUT2D eigenvalue weighted by atomic mass is 10.0. The standard InChI is InChI=1S/C21H19FN4O/c22-17-8-6-16(7-9-17)19-14-21(26-20(25-19)10-12-23-26)24-18(11-13-27)15-4-2-1-3-5-15/h1-10,12,14,18,24,27H,11,13H2/t18-/m0/s1. The van der Waals surface area contributed by atoms with Gasteiger partial charge in [-0.3, -0.25) is 0 Å². The van der Waals surface area contributed by atoms with Crippen molar-refractivity contribution < 1.29 is 9.50 Å². The average Bonchev–Trinajstić information content (AvgIpc) is 3.18. The van der Waals surface area contributed by atoms with Crippen LogP contribution in [-0.4, -0.2) is 26.3 Å². The predicted octanol–water partition coefficient (Wildman–Crippen LogP) is 4.07. The summed E-state index contributed by atoms with van der Waals surface area (Å²) >= 11 is 0. The van der Waals surface area contributed by atoms with E-state index in [0.717, 1.165) is 22.6 Å². The van der Waals surface area contributed by atoms with Crippen LogP contribution in [0.4, 0.5) is 10.2 Å². The first kappa shape index (κ1) is 17.2. The number of rotatable bonds is 6. The third-order valence-corrected chi connectivity index (χ3v) is 4.44. The van der Waals surface area contributed by atoms with Gasteiger partial charge in [0.1, 0.15) is 11.6 Å². The minimum absolute atomic E-state index is 0.0602. The van der Waals surface area contributed by atoms with Crippen LogP contribution in [0.1, 0.15) is 18.0 Å². The quantitative estimate of drug-likeness (QED) is 0.543. The second-order valence-electron chi connectivity index (χ2n) is 6.25. The largest absolute Gasteiger partial charge is 0.396 e. The Hall–Kier alpha value is -3.25. The van der Waals surface area contributed by atoms with Crippen molar-refractivity contribution in [2.75, 3.05) is 11.9 Å². The van der Waals surface area contributed by atoms with E-state index in [9.17, 15) is 9.50 Å². The molecule has 0 spiro atoms. The summed E-state index contributed by atoms with van der Waals surface area (Å²) in [5, 5.41) is 17.3. The molecule has 2 aromatic heterocycles. The van der Waals surface area contributed by atoms with Gasteiger partial charge in [-0.1, -0.05) is 30.3 Å². The molecule has 4 aromatic rings. The Morgan fingerprint density at radius 2 is 1.81 bits per heavy atom. The number of aliphatic hydroxyl groups is 1. The Balaban J connectivity index is 1.75. The van der Waals surface area contributed by atoms with Gasteiger partial charge in [0.15, 0.2) is 5.65 Å². The molecule has 2 aromatic carbocycles. The van der Waals surface area contributed by atoms with E-state index in [1.165, 1.54) is 12.1 Å². The van der Waals surface area contributed by atoms with E-state index in [1.54, 1.807) is 22.8 Å². The van der Waals surface area contributed by atoms with Crippen LogP contribution in [0.25, 0.3) is 16.9 Å². The van der Waals surface area contributed by atoms with Crippen molar-refractivity contribution >= 4 is 11.5 Å². The van der Waals surface area contributed by atoms with Crippen LogP contribution in [0.3, 0.4) is 0 Å². The van der Waals surface area contributed by atoms with Gasteiger partial charge in [-0.05, 0) is 36.2 Å². The van der Waals surface area contributed by atoms with Gasteiger partial charge < -0.3 is 10.4 Å². The van der Waals surface area contributed by atoms with E-state index in [0.29, 0.717) is 12.1 Å². The zero-order chi connectivity index (χ0) is 18.6. The zero-order valence-electron chi connectivity index (χ0n) is 14.6. The highest BCUT2D eigenvalue weighted by atomic mass is 19.1. The summed E-state index contributed by atoms with van der Waals surface area (Å²) in [4.78, 5) is 4.61. The number of fused-ring (bicyclic) bond motifs is 1. The molecule has 5 nitrogen and oxygen atoms in total. The Labute approximate surface area is 156 Å². The smallest absolute Gasteiger partial charge is 0.157 e. The fourth-order valence-corrected chi connectivity index (χ4v) is 3.10. The van der Waals surface area contributed by atoms with Crippen molar-refractivity contribution in [3.63, 3.8) is 0 Å². The molecule has 1 atom stereocenters. The van der Waals surface area contributed by atoms with E-state index in [1.807, 2.05) is 42.5 Å². The third-order valence-electron chi connectivity index (χ3n) is 4.44. The van der Waals surface area contributed by atoms with E-state index in [4.69, 9.17) is 0 Å². The number of benzene rings is 2. The number of hydrogen-bond donors (Lipinski definition) is 2. The van der Waals surface area contributed by atoms with Crippen molar-refractivity contribution in [1.82, 2.24) is 14.6 Å². The molecular formula is C21H19FN4O. The second-order valence-corrected chi connectivity index (χ2v) is 6.25. The van der Waals surface area contributed by atoms with Crippen molar-refractivity contribution in [2.24, 2.45) is 0 Å². The van der Waals surface area contributed by atoms with Gasteiger partial charge in [-0.15, -0.1) is 0 Å². The fourth-order valence-electron chi connectivity index (χ4n) is 3.10. The van der Waals surface area contributed by atoms with Crippen molar-refractivity contribution in [3.8, 4) is 11.3 Å². The number of halogens is 1.